The predicted molar refractivity (Wildman–Crippen MR) is 154 cm³/mol. The van der Waals surface area contributed by atoms with Crippen LogP contribution in [0.15, 0.2) is 115 Å². The Bertz CT molecular complexity index is 1510. The van der Waals surface area contributed by atoms with Crippen LogP contribution in [0.2, 0.25) is 0 Å². The lowest BCUT2D eigenvalue weighted by molar-refractivity contribution is 1.03. The molecular formula is C36H32. The number of hydrogen-bond acceptors (Lipinski definition) is 0. The first kappa shape index (κ1) is 22.6. The van der Waals surface area contributed by atoms with Crippen LogP contribution in [0.3, 0.4) is 0 Å². The summed E-state index contributed by atoms with van der Waals surface area (Å²) in [5, 5.41) is 0. The molecule has 0 amide bonds. The summed E-state index contributed by atoms with van der Waals surface area (Å²) in [4.78, 5) is 0. The minimum atomic E-state index is 0.940. The fourth-order valence-corrected chi connectivity index (χ4v) is 5.82. The second kappa shape index (κ2) is 9.63. The molecule has 4 aromatic carbocycles. The molecule has 2 aliphatic rings. The van der Waals surface area contributed by atoms with Gasteiger partial charge < -0.3 is 0 Å². The van der Waals surface area contributed by atoms with Gasteiger partial charge in [-0.25, -0.2) is 0 Å². The van der Waals surface area contributed by atoms with E-state index in [1.165, 1.54) is 66.8 Å². The summed E-state index contributed by atoms with van der Waals surface area (Å²) < 4.78 is 0. The Morgan fingerprint density at radius 2 is 1.47 bits per heavy atom. The Balaban J connectivity index is 1.57. The van der Waals surface area contributed by atoms with Crippen molar-refractivity contribution >= 4 is 11.1 Å². The Morgan fingerprint density at radius 3 is 2.22 bits per heavy atom. The summed E-state index contributed by atoms with van der Waals surface area (Å²) >= 11 is 0. The molecule has 0 atom stereocenters. The Kier molecular flexibility index (Phi) is 6.03. The highest BCUT2D eigenvalue weighted by atomic mass is 14.3. The van der Waals surface area contributed by atoms with E-state index in [0.29, 0.717) is 0 Å². The second-order valence-corrected chi connectivity index (χ2v) is 10.1. The van der Waals surface area contributed by atoms with Gasteiger partial charge in [0.25, 0.3) is 0 Å². The van der Waals surface area contributed by atoms with Crippen molar-refractivity contribution in [1.29, 1.82) is 0 Å². The van der Waals surface area contributed by atoms with Crippen LogP contribution in [-0.2, 0) is 12.8 Å². The molecule has 176 valence electrons. The van der Waals surface area contributed by atoms with Crippen LogP contribution in [0.5, 0.6) is 0 Å². The summed E-state index contributed by atoms with van der Waals surface area (Å²) in [6.45, 7) is 4.41. The smallest absolute Gasteiger partial charge is 0.000101 e. The average Bonchev–Trinajstić information content (AvgIpc) is 3.31. The van der Waals surface area contributed by atoms with Gasteiger partial charge in [0.2, 0.25) is 0 Å². The van der Waals surface area contributed by atoms with E-state index in [9.17, 15) is 0 Å². The summed E-state index contributed by atoms with van der Waals surface area (Å²) in [5.41, 5.74) is 16.7. The third kappa shape index (κ3) is 4.18. The molecule has 2 aliphatic carbocycles. The van der Waals surface area contributed by atoms with Crippen LogP contribution in [0, 0.1) is 13.8 Å². The molecule has 6 rings (SSSR count). The molecule has 0 nitrogen and oxygen atoms in total. The van der Waals surface area contributed by atoms with Gasteiger partial charge in [-0.15, -0.1) is 0 Å². The molecule has 4 aromatic rings. The number of allylic oxidation sites excluding steroid dienone is 6. The molecule has 0 unspecified atom stereocenters. The molecule has 0 spiro atoms. The van der Waals surface area contributed by atoms with E-state index in [4.69, 9.17) is 0 Å². The van der Waals surface area contributed by atoms with Gasteiger partial charge in [-0.2, -0.15) is 0 Å². The minimum Gasteiger partial charge on any atom is -0.0836 e. The average molecular weight is 465 g/mol. The molecule has 0 saturated heterocycles. The van der Waals surface area contributed by atoms with Crippen LogP contribution in [0.4, 0.5) is 0 Å². The lowest BCUT2D eigenvalue weighted by Crippen LogP contribution is -2.00. The first-order valence-electron chi connectivity index (χ1n) is 13.1. The first-order chi connectivity index (χ1) is 17.7. The summed E-state index contributed by atoms with van der Waals surface area (Å²) in [7, 11) is 0. The fraction of sp³-hybridized carbons (Fsp3) is 0.167. The van der Waals surface area contributed by atoms with Crippen molar-refractivity contribution in [2.45, 2.75) is 39.5 Å². The van der Waals surface area contributed by atoms with Gasteiger partial charge in [0.15, 0.2) is 0 Å². The van der Waals surface area contributed by atoms with E-state index in [1.807, 2.05) is 0 Å². The van der Waals surface area contributed by atoms with E-state index >= 15 is 0 Å². The van der Waals surface area contributed by atoms with E-state index in [-0.39, 0.29) is 0 Å². The summed E-state index contributed by atoms with van der Waals surface area (Å²) in [5.74, 6) is 0. The maximum atomic E-state index is 2.43. The topological polar surface area (TPSA) is 0 Å². The Labute approximate surface area is 215 Å². The van der Waals surface area contributed by atoms with Gasteiger partial charge in [-0.05, 0) is 101 Å². The molecular weight excluding hydrogens is 432 g/mol. The van der Waals surface area contributed by atoms with E-state index < -0.39 is 0 Å². The molecule has 0 heteroatoms. The highest BCUT2D eigenvalue weighted by Crippen LogP contribution is 2.48. The zero-order valence-electron chi connectivity index (χ0n) is 21.2. The van der Waals surface area contributed by atoms with Gasteiger partial charge in [0, 0.05) is 0 Å². The van der Waals surface area contributed by atoms with Crippen LogP contribution in [-0.4, -0.2) is 0 Å². The normalized spacial score (nSPS) is 14.7. The molecule has 0 bridgehead atoms. The van der Waals surface area contributed by atoms with E-state index in [2.05, 4.69) is 123 Å². The number of benzene rings is 4. The first-order valence-corrected chi connectivity index (χ1v) is 13.1. The molecule has 0 heterocycles. The third-order valence-electron chi connectivity index (χ3n) is 7.66. The third-order valence-corrected chi connectivity index (χ3v) is 7.66. The molecule has 0 radical (unpaired) electrons. The van der Waals surface area contributed by atoms with E-state index in [1.54, 1.807) is 0 Å². The number of hydrogen-bond donors (Lipinski definition) is 0. The lowest BCUT2D eigenvalue weighted by Gasteiger charge is -2.19. The van der Waals surface area contributed by atoms with Crippen molar-refractivity contribution in [1.82, 2.24) is 0 Å². The van der Waals surface area contributed by atoms with Gasteiger partial charge in [0.05, 0.1) is 0 Å². The maximum Gasteiger partial charge on any atom is -0.000101 e. The standard InChI is InChI=1S/C36H32/c1-25-17-19-27(20-18-25)23-30-21-22-32-34(36(30)31-16-10-9-11-26(31)2)24-33(28-12-5-3-6-13-28)35(32)29-14-7-4-8-15-29/h3,5-7,9-22H,4,8,23-24H2,1-2H3. The number of fused-ring (bicyclic) bond motifs is 1. The minimum absolute atomic E-state index is 0.940. The van der Waals surface area contributed by atoms with Crippen LogP contribution in [0.1, 0.15) is 51.8 Å². The fourth-order valence-electron chi connectivity index (χ4n) is 5.82. The predicted octanol–water partition coefficient (Wildman–Crippen LogP) is 9.30. The molecule has 0 aliphatic heterocycles. The monoisotopic (exact) mass is 464 g/mol. The zero-order valence-corrected chi connectivity index (χ0v) is 21.2. The summed E-state index contributed by atoms with van der Waals surface area (Å²) in [6.07, 6.45) is 11.3. The van der Waals surface area contributed by atoms with Crippen molar-refractivity contribution in [2.24, 2.45) is 0 Å². The molecule has 0 aromatic heterocycles. The van der Waals surface area contributed by atoms with Crippen molar-refractivity contribution < 1.29 is 0 Å². The van der Waals surface area contributed by atoms with E-state index in [0.717, 1.165) is 25.7 Å². The quantitative estimate of drug-likeness (QED) is 0.276. The number of aryl methyl sites for hydroxylation is 2. The van der Waals surface area contributed by atoms with Crippen LogP contribution in [0.25, 0.3) is 22.3 Å². The van der Waals surface area contributed by atoms with Gasteiger partial charge in [-0.3, -0.25) is 0 Å². The van der Waals surface area contributed by atoms with Gasteiger partial charge in [-0.1, -0.05) is 115 Å². The largest absolute Gasteiger partial charge is 0.0836 e. The number of rotatable bonds is 5. The van der Waals surface area contributed by atoms with Crippen molar-refractivity contribution in [3.8, 4) is 11.1 Å². The van der Waals surface area contributed by atoms with Gasteiger partial charge >= 0.3 is 0 Å². The van der Waals surface area contributed by atoms with Gasteiger partial charge in [0.1, 0.15) is 0 Å². The zero-order chi connectivity index (χ0) is 24.5. The van der Waals surface area contributed by atoms with Crippen molar-refractivity contribution in [3.05, 3.63) is 154 Å². The molecule has 0 fully saturated rings. The molecule has 0 N–H and O–H groups in total. The highest BCUT2D eigenvalue weighted by Gasteiger charge is 2.29. The SMILES string of the molecule is Cc1ccc(Cc2ccc3c(c2-c2ccccc2C)CC(c2ccccc2)=C3C2=CCCC=C2)cc1. The molecule has 0 saturated carbocycles. The molecule has 36 heavy (non-hydrogen) atoms. The van der Waals surface area contributed by atoms with Crippen LogP contribution < -0.4 is 0 Å². The van der Waals surface area contributed by atoms with Crippen molar-refractivity contribution in [3.63, 3.8) is 0 Å². The summed E-state index contributed by atoms with van der Waals surface area (Å²) in [6, 6.07) is 33.7. The highest BCUT2D eigenvalue weighted by molar-refractivity contribution is 6.06. The maximum absolute atomic E-state index is 2.43. The second-order valence-electron chi connectivity index (χ2n) is 10.1. The van der Waals surface area contributed by atoms with Crippen molar-refractivity contribution in [2.75, 3.05) is 0 Å². The Hall–Kier alpha value is -3.90. The Morgan fingerprint density at radius 1 is 0.694 bits per heavy atom. The van der Waals surface area contributed by atoms with Crippen LogP contribution >= 0.6 is 0 Å². The lowest BCUT2D eigenvalue weighted by atomic mass is 9.85.